The van der Waals surface area contributed by atoms with E-state index in [0.29, 0.717) is 39.3 Å². The van der Waals surface area contributed by atoms with E-state index < -0.39 is 35.6 Å². The van der Waals surface area contributed by atoms with Gasteiger partial charge in [-0.05, 0) is 25.3 Å². The van der Waals surface area contributed by atoms with Gasteiger partial charge in [-0.15, -0.1) is 11.3 Å². The number of hydrogen-bond donors (Lipinski definition) is 2. The number of thiazole rings is 1. The first-order valence-corrected chi connectivity index (χ1v) is 14.2. The Balaban J connectivity index is 1.42. The lowest BCUT2D eigenvalue weighted by Crippen LogP contribution is -2.56. The van der Waals surface area contributed by atoms with E-state index in [9.17, 15) is 14.7 Å². The molecule has 1 aromatic heterocycles. The lowest BCUT2D eigenvalue weighted by Gasteiger charge is -2.47. The molecule has 3 fully saturated rings. The van der Waals surface area contributed by atoms with Gasteiger partial charge in [0.05, 0.1) is 31.4 Å². The first-order chi connectivity index (χ1) is 18.8. The molecule has 2 bridgehead atoms. The van der Waals surface area contributed by atoms with Crippen LogP contribution in [0.1, 0.15) is 36.4 Å². The van der Waals surface area contributed by atoms with Gasteiger partial charge in [0.25, 0.3) is 0 Å². The van der Waals surface area contributed by atoms with E-state index in [1.165, 1.54) is 11.3 Å². The number of morpholine rings is 1. The van der Waals surface area contributed by atoms with E-state index in [1.54, 1.807) is 19.2 Å². The van der Waals surface area contributed by atoms with Gasteiger partial charge in [-0.1, -0.05) is 29.8 Å². The van der Waals surface area contributed by atoms with Crippen LogP contribution in [-0.2, 0) is 19.1 Å². The van der Waals surface area contributed by atoms with Gasteiger partial charge in [0.1, 0.15) is 11.7 Å². The number of nitrogens with zero attached hydrogens (tertiary/aromatic N) is 3. The zero-order chi connectivity index (χ0) is 27.3. The minimum Gasteiger partial charge on any atom is -0.481 e. The second kappa shape index (κ2) is 10.3. The molecule has 4 aliphatic rings. The van der Waals surface area contributed by atoms with Crippen molar-refractivity contribution in [2.45, 2.75) is 43.6 Å². The number of alkyl halides is 1. The predicted octanol–water partition coefficient (Wildman–Crippen LogP) is 3.61. The maximum Gasteiger partial charge on any atom is 0.338 e. The third-order valence-corrected chi connectivity index (χ3v) is 9.35. The third kappa shape index (κ3) is 4.45. The molecule has 39 heavy (non-hydrogen) atoms. The molecule has 1 saturated carbocycles. The fraction of sp³-hybridized carbons (Fsp3) is 0.481. The lowest BCUT2D eigenvalue weighted by molar-refractivity contribution is -0.143. The van der Waals surface area contributed by atoms with Gasteiger partial charge in [-0.2, -0.15) is 0 Å². The fourth-order valence-corrected chi connectivity index (χ4v) is 7.54. The zero-order valence-corrected chi connectivity index (χ0v) is 22.8. The number of esters is 1. The van der Waals surface area contributed by atoms with E-state index in [1.807, 2.05) is 28.5 Å². The number of hydrogen-bond acceptors (Lipinski definition) is 9. The van der Waals surface area contributed by atoms with Crippen molar-refractivity contribution >= 4 is 40.7 Å². The Labute approximate surface area is 233 Å². The molecule has 12 heteroatoms. The number of fused-ring (bicyclic) bond motifs is 5. The van der Waals surface area contributed by atoms with Crippen LogP contribution in [0.2, 0.25) is 5.02 Å². The summed E-state index contributed by atoms with van der Waals surface area (Å²) in [6, 6.07) is 5.58. The van der Waals surface area contributed by atoms with Crippen molar-refractivity contribution in [1.82, 2.24) is 15.2 Å². The van der Waals surface area contributed by atoms with Gasteiger partial charge in [0, 0.05) is 52.8 Å². The van der Waals surface area contributed by atoms with Gasteiger partial charge in [0.15, 0.2) is 10.8 Å². The summed E-state index contributed by atoms with van der Waals surface area (Å²) in [6.07, 6.45) is 1.79. The maximum atomic E-state index is 16.3. The number of nitrogens with one attached hydrogen (secondary N) is 1. The Bertz CT molecular complexity index is 1350. The largest absolute Gasteiger partial charge is 0.481 e. The van der Waals surface area contributed by atoms with Crippen LogP contribution in [0.4, 0.5) is 4.39 Å². The number of aliphatic imine (C=N–C) groups is 1. The number of halogens is 2. The quantitative estimate of drug-likeness (QED) is 0.460. The summed E-state index contributed by atoms with van der Waals surface area (Å²) in [5, 5.41) is 15.6. The summed E-state index contributed by atoms with van der Waals surface area (Å²) >= 11 is 8.00. The van der Waals surface area contributed by atoms with E-state index in [0.717, 1.165) is 0 Å². The average molecular weight is 575 g/mol. The number of amidine groups is 1. The third-order valence-electron chi connectivity index (χ3n) is 8.23. The van der Waals surface area contributed by atoms with Crippen molar-refractivity contribution in [1.29, 1.82) is 0 Å². The number of benzene rings is 1. The van der Waals surface area contributed by atoms with E-state index in [2.05, 4.69) is 10.3 Å². The van der Waals surface area contributed by atoms with Crippen LogP contribution in [0.25, 0.3) is 0 Å². The molecule has 0 amide bonds. The van der Waals surface area contributed by atoms with Crippen molar-refractivity contribution in [3.63, 3.8) is 0 Å². The molecule has 2 aromatic rings. The Hall–Kier alpha value is -2.86. The number of carboxylic acids is 1. The van der Waals surface area contributed by atoms with Gasteiger partial charge < -0.3 is 19.9 Å². The second-order valence-corrected chi connectivity index (χ2v) is 11.6. The topological polar surface area (TPSA) is 113 Å². The van der Waals surface area contributed by atoms with Crippen molar-refractivity contribution < 1.29 is 28.6 Å². The van der Waals surface area contributed by atoms with Crippen LogP contribution >= 0.6 is 22.9 Å². The maximum absolute atomic E-state index is 16.3. The van der Waals surface area contributed by atoms with Crippen LogP contribution < -0.4 is 5.32 Å². The number of carbonyl (C=O) groups is 2. The van der Waals surface area contributed by atoms with Crippen LogP contribution in [0.3, 0.4) is 0 Å². The number of aliphatic carboxylic acids is 1. The molecular formula is C27H28ClFN4O5S. The Morgan fingerprint density at radius 3 is 2.90 bits per heavy atom. The molecular weight excluding hydrogens is 547 g/mol. The monoisotopic (exact) mass is 574 g/mol. The summed E-state index contributed by atoms with van der Waals surface area (Å²) in [4.78, 5) is 36.2. The number of ether oxygens (including phenoxy) is 2. The van der Waals surface area contributed by atoms with E-state index in [-0.39, 0.29) is 44.6 Å². The van der Waals surface area contributed by atoms with Crippen molar-refractivity contribution in [2.75, 3.05) is 26.4 Å². The SMILES string of the molecule is CCOC(=O)C1=C(CN2C3COCC2C2(F)CC(CC(=O)O)C32)NC(c2nccs2)=NC1c1ccccc1Cl. The van der Waals surface area contributed by atoms with Gasteiger partial charge >= 0.3 is 11.9 Å². The molecule has 206 valence electrons. The Kier molecular flexibility index (Phi) is 6.95. The molecule has 1 aromatic carbocycles. The molecule has 2 N–H and O–H groups in total. The van der Waals surface area contributed by atoms with Crippen LogP contribution in [0.5, 0.6) is 0 Å². The number of aromatic nitrogens is 1. The van der Waals surface area contributed by atoms with Crippen molar-refractivity contribution in [3.05, 3.63) is 62.7 Å². The standard InChI is InChI=1S/C27H28ClFN4O5S/c1-2-38-26(36)21-17(11-33-18-12-37-13-19(33)27(29)10-14(22(18)27)9-20(34)35)31-24(25-30-7-8-39-25)32-23(21)15-5-3-4-6-16(15)28/h3-8,14,18-19,22-23H,2,9-13H2,1H3,(H,31,32)(H,34,35). The fourth-order valence-electron chi connectivity index (χ4n) is 6.71. The molecule has 0 radical (unpaired) electrons. The molecule has 9 nitrogen and oxygen atoms in total. The highest BCUT2D eigenvalue weighted by Gasteiger charge is 2.70. The highest BCUT2D eigenvalue weighted by molar-refractivity contribution is 7.11. The molecule has 6 rings (SSSR count). The van der Waals surface area contributed by atoms with Crippen LogP contribution in [-0.4, -0.2) is 76.9 Å². The highest BCUT2D eigenvalue weighted by Crippen LogP contribution is 2.60. The van der Waals surface area contributed by atoms with Crippen LogP contribution in [0.15, 0.2) is 52.1 Å². The molecule has 3 aliphatic heterocycles. The Morgan fingerprint density at radius 2 is 2.18 bits per heavy atom. The zero-order valence-electron chi connectivity index (χ0n) is 21.2. The minimum absolute atomic E-state index is 0.0716. The van der Waals surface area contributed by atoms with Crippen molar-refractivity contribution in [2.24, 2.45) is 16.8 Å². The second-order valence-electron chi connectivity index (χ2n) is 10.3. The summed E-state index contributed by atoms with van der Waals surface area (Å²) in [5.41, 5.74) is -0.0490. The predicted molar refractivity (Wildman–Crippen MR) is 142 cm³/mol. The number of carbonyl (C=O) groups excluding carboxylic acids is 1. The molecule has 0 spiro atoms. The van der Waals surface area contributed by atoms with Crippen LogP contribution in [0, 0.1) is 11.8 Å². The van der Waals surface area contributed by atoms with E-state index in [4.69, 9.17) is 26.1 Å². The van der Waals surface area contributed by atoms with Gasteiger partial charge in [0.2, 0.25) is 0 Å². The summed E-state index contributed by atoms with van der Waals surface area (Å²) < 4.78 is 27.6. The lowest BCUT2D eigenvalue weighted by atomic mass is 9.59. The summed E-state index contributed by atoms with van der Waals surface area (Å²) in [6.45, 7) is 2.61. The minimum atomic E-state index is -1.53. The Morgan fingerprint density at radius 1 is 1.36 bits per heavy atom. The summed E-state index contributed by atoms with van der Waals surface area (Å²) in [5.74, 6) is -1.67. The van der Waals surface area contributed by atoms with Gasteiger partial charge in [-0.25, -0.2) is 14.2 Å². The average Bonchev–Trinajstić information content (AvgIpc) is 3.46. The molecule has 2 saturated heterocycles. The first-order valence-electron chi connectivity index (χ1n) is 12.9. The van der Waals surface area contributed by atoms with E-state index >= 15 is 4.39 Å². The highest BCUT2D eigenvalue weighted by atomic mass is 35.5. The molecule has 6 unspecified atom stereocenters. The van der Waals surface area contributed by atoms with Gasteiger partial charge in [-0.3, -0.25) is 14.7 Å². The smallest absolute Gasteiger partial charge is 0.338 e. The number of rotatable bonds is 8. The number of carboxylic acid groups (broad SMARTS) is 1. The van der Waals surface area contributed by atoms with Crippen molar-refractivity contribution in [3.8, 4) is 0 Å². The molecule has 4 heterocycles. The molecule has 1 aliphatic carbocycles. The normalized spacial score (nSPS) is 31.7. The molecule has 6 atom stereocenters. The summed E-state index contributed by atoms with van der Waals surface area (Å²) in [7, 11) is 0. The first kappa shape index (κ1) is 26.4.